The minimum Gasteiger partial charge on any atom is -0.320 e. The fourth-order valence-corrected chi connectivity index (χ4v) is 3.21. The molecule has 0 atom stereocenters. The third kappa shape index (κ3) is 2.34. The van der Waals surface area contributed by atoms with Crippen molar-refractivity contribution in [1.29, 1.82) is 0 Å². The summed E-state index contributed by atoms with van der Waals surface area (Å²) in [6.45, 7) is 4.23. The lowest BCUT2D eigenvalue weighted by Gasteiger charge is -2.10. The monoisotopic (exact) mass is 321 g/mol. The summed E-state index contributed by atoms with van der Waals surface area (Å²) in [6.07, 6.45) is 6.02. The van der Waals surface area contributed by atoms with Crippen LogP contribution in [0.4, 0.5) is 0 Å². The second-order valence-electron chi connectivity index (χ2n) is 5.71. The quantitative estimate of drug-likeness (QED) is 0.505. The molecule has 0 aliphatic carbocycles. The van der Waals surface area contributed by atoms with Crippen LogP contribution in [-0.2, 0) is 0 Å². The molecular weight excluding hydrogens is 306 g/mol. The summed E-state index contributed by atoms with van der Waals surface area (Å²) >= 11 is 6.00. The van der Waals surface area contributed by atoms with E-state index in [1.165, 1.54) is 11.4 Å². The molecule has 0 saturated heterocycles. The van der Waals surface area contributed by atoms with Crippen molar-refractivity contribution >= 4 is 17.1 Å². The highest BCUT2D eigenvalue weighted by Crippen LogP contribution is 2.28. The zero-order chi connectivity index (χ0) is 16.0. The number of fused-ring (bicyclic) bond motifs is 1. The molecule has 0 unspecified atom stereocenters. The van der Waals surface area contributed by atoms with Gasteiger partial charge in [0.1, 0.15) is 0 Å². The number of benzene rings is 1. The van der Waals surface area contributed by atoms with Gasteiger partial charge in [-0.05, 0) is 56.3 Å². The van der Waals surface area contributed by atoms with Gasteiger partial charge >= 0.3 is 0 Å². The van der Waals surface area contributed by atoms with E-state index < -0.39 is 0 Å². The van der Waals surface area contributed by atoms with E-state index in [0.717, 1.165) is 27.5 Å². The Morgan fingerprint density at radius 1 is 1.04 bits per heavy atom. The number of halogens is 1. The van der Waals surface area contributed by atoms with E-state index in [-0.39, 0.29) is 0 Å². The van der Waals surface area contributed by atoms with Gasteiger partial charge in [0.25, 0.3) is 0 Å². The van der Waals surface area contributed by atoms with Gasteiger partial charge < -0.3 is 8.97 Å². The summed E-state index contributed by atoms with van der Waals surface area (Å²) in [5.41, 5.74) is 6.67. The van der Waals surface area contributed by atoms with Crippen molar-refractivity contribution in [2.45, 2.75) is 13.8 Å². The van der Waals surface area contributed by atoms with E-state index in [4.69, 9.17) is 11.6 Å². The topological polar surface area (TPSA) is 22.2 Å². The minimum absolute atomic E-state index is 0.746. The Balaban J connectivity index is 1.87. The first-order chi connectivity index (χ1) is 11.1. The fourth-order valence-electron chi connectivity index (χ4n) is 3.08. The van der Waals surface area contributed by atoms with Crippen LogP contribution in [0.5, 0.6) is 0 Å². The van der Waals surface area contributed by atoms with E-state index in [1.807, 2.05) is 48.8 Å². The highest BCUT2D eigenvalue weighted by atomic mass is 35.5. The van der Waals surface area contributed by atoms with Crippen LogP contribution in [0.25, 0.3) is 22.5 Å². The molecule has 3 aromatic heterocycles. The van der Waals surface area contributed by atoms with Crippen LogP contribution >= 0.6 is 11.6 Å². The maximum Gasteiger partial charge on any atom is 0.0886 e. The average molecular weight is 322 g/mol. The molecule has 4 aromatic rings. The molecule has 0 fully saturated rings. The maximum atomic E-state index is 6.00. The fraction of sp³-hybridized carbons (Fsp3) is 0.105. The number of rotatable bonds is 2. The molecule has 0 aliphatic rings. The lowest BCUT2D eigenvalue weighted by Crippen LogP contribution is -1.99. The summed E-state index contributed by atoms with van der Waals surface area (Å²) in [6, 6.07) is 14.2. The van der Waals surface area contributed by atoms with Crippen molar-refractivity contribution in [3.8, 4) is 16.9 Å². The summed E-state index contributed by atoms with van der Waals surface area (Å²) in [7, 11) is 0. The van der Waals surface area contributed by atoms with Crippen molar-refractivity contribution in [2.24, 2.45) is 0 Å². The molecule has 0 saturated carbocycles. The Bertz CT molecular complexity index is 993. The molecule has 3 heterocycles. The molecule has 0 spiro atoms. The zero-order valence-corrected chi connectivity index (χ0v) is 13.7. The first-order valence-corrected chi connectivity index (χ1v) is 7.89. The van der Waals surface area contributed by atoms with Crippen molar-refractivity contribution in [3.63, 3.8) is 0 Å². The average Bonchev–Trinajstić information content (AvgIpc) is 3.12. The Hall–Kier alpha value is -2.52. The largest absolute Gasteiger partial charge is 0.320 e. The maximum absolute atomic E-state index is 6.00. The lowest BCUT2D eigenvalue weighted by molar-refractivity contribution is 0.965. The molecule has 0 aliphatic heterocycles. The Kier molecular flexibility index (Phi) is 3.24. The van der Waals surface area contributed by atoms with Crippen LogP contribution in [-0.4, -0.2) is 14.0 Å². The second-order valence-corrected chi connectivity index (χ2v) is 6.15. The van der Waals surface area contributed by atoms with Crippen molar-refractivity contribution in [3.05, 3.63) is 77.5 Å². The zero-order valence-electron chi connectivity index (χ0n) is 13.0. The SMILES string of the molecule is Cc1cc(-c2cn3cccc3cn2)c(C)n1-c1ccc(Cl)cc1. The summed E-state index contributed by atoms with van der Waals surface area (Å²) in [4.78, 5) is 4.62. The molecule has 4 rings (SSSR count). The molecule has 114 valence electrons. The standard InChI is InChI=1S/C19H16ClN3/c1-13-10-18(19-12-22-9-3-4-17(22)11-21-19)14(2)23(13)16-7-5-15(20)6-8-16/h3-12H,1-2H3. The van der Waals surface area contributed by atoms with Gasteiger partial charge in [-0.1, -0.05) is 11.6 Å². The predicted molar refractivity (Wildman–Crippen MR) is 94.4 cm³/mol. The highest BCUT2D eigenvalue weighted by Gasteiger charge is 2.13. The van der Waals surface area contributed by atoms with Gasteiger partial charge in [-0.25, -0.2) is 0 Å². The van der Waals surface area contributed by atoms with Gasteiger partial charge in [-0.2, -0.15) is 0 Å². The smallest absolute Gasteiger partial charge is 0.0886 e. The molecule has 0 amide bonds. The molecular formula is C19H16ClN3. The van der Waals surface area contributed by atoms with Crippen LogP contribution in [0.15, 0.2) is 61.1 Å². The molecule has 23 heavy (non-hydrogen) atoms. The Morgan fingerprint density at radius 3 is 2.61 bits per heavy atom. The van der Waals surface area contributed by atoms with Gasteiger partial charge in [0.2, 0.25) is 0 Å². The molecule has 4 heteroatoms. The van der Waals surface area contributed by atoms with Gasteiger partial charge in [0.05, 0.1) is 17.4 Å². The van der Waals surface area contributed by atoms with Crippen LogP contribution in [0.1, 0.15) is 11.4 Å². The molecule has 0 N–H and O–H groups in total. The summed E-state index contributed by atoms with van der Waals surface area (Å²) in [5, 5.41) is 0.746. The second kappa shape index (κ2) is 5.28. The number of aryl methyl sites for hydroxylation is 1. The Morgan fingerprint density at radius 2 is 1.83 bits per heavy atom. The van der Waals surface area contributed by atoms with Gasteiger partial charge in [-0.3, -0.25) is 4.98 Å². The van der Waals surface area contributed by atoms with Crippen molar-refractivity contribution in [2.75, 3.05) is 0 Å². The van der Waals surface area contributed by atoms with Gasteiger partial charge in [0.15, 0.2) is 0 Å². The van der Waals surface area contributed by atoms with Crippen LogP contribution in [0.3, 0.4) is 0 Å². The lowest BCUT2D eigenvalue weighted by atomic mass is 10.2. The predicted octanol–water partition coefficient (Wildman–Crippen LogP) is 5.06. The van der Waals surface area contributed by atoms with E-state index in [1.54, 1.807) is 0 Å². The van der Waals surface area contributed by atoms with Crippen LogP contribution in [0.2, 0.25) is 5.02 Å². The number of hydrogen-bond acceptors (Lipinski definition) is 1. The minimum atomic E-state index is 0.746. The number of hydrogen-bond donors (Lipinski definition) is 0. The van der Waals surface area contributed by atoms with Crippen LogP contribution in [0, 0.1) is 13.8 Å². The molecule has 3 nitrogen and oxygen atoms in total. The summed E-state index contributed by atoms with van der Waals surface area (Å²) in [5.74, 6) is 0. The van der Waals surface area contributed by atoms with E-state index in [9.17, 15) is 0 Å². The van der Waals surface area contributed by atoms with Crippen molar-refractivity contribution in [1.82, 2.24) is 14.0 Å². The Labute approximate surface area is 139 Å². The van der Waals surface area contributed by atoms with Crippen molar-refractivity contribution < 1.29 is 0 Å². The molecule has 1 aromatic carbocycles. The first-order valence-electron chi connectivity index (χ1n) is 7.51. The number of nitrogens with zero attached hydrogens (tertiary/aromatic N) is 3. The van der Waals surface area contributed by atoms with Gasteiger partial charge in [0, 0.05) is 40.1 Å². The molecule has 0 radical (unpaired) electrons. The highest BCUT2D eigenvalue weighted by molar-refractivity contribution is 6.30. The van der Waals surface area contributed by atoms with E-state index in [2.05, 4.69) is 40.1 Å². The molecule has 0 bridgehead atoms. The summed E-state index contributed by atoms with van der Waals surface area (Å²) < 4.78 is 4.32. The van der Waals surface area contributed by atoms with E-state index >= 15 is 0 Å². The number of aromatic nitrogens is 3. The normalized spacial score (nSPS) is 11.3. The first kappa shape index (κ1) is 14.1. The van der Waals surface area contributed by atoms with Crippen LogP contribution < -0.4 is 0 Å². The van der Waals surface area contributed by atoms with E-state index in [0.29, 0.717) is 0 Å². The third-order valence-corrected chi connectivity index (χ3v) is 4.45. The van der Waals surface area contributed by atoms with Gasteiger partial charge in [-0.15, -0.1) is 0 Å². The third-order valence-electron chi connectivity index (χ3n) is 4.20.